The van der Waals surface area contributed by atoms with Crippen molar-refractivity contribution in [1.29, 1.82) is 0 Å². The second-order valence-electron chi connectivity index (χ2n) is 25.7. The smallest absolute Gasteiger partial charge is 0.246 e. The normalized spacial score (nSPS) is 27.1. The van der Waals surface area contributed by atoms with Gasteiger partial charge < -0.3 is 60.7 Å². The first-order chi connectivity index (χ1) is 38.7. The zero-order chi connectivity index (χ0) is 65.3. The van der Waals surface area contributed by atoms with Gasteiger partial charge in [-0.15, -0.1) is 0 Å². The van der Waals surface area contributed by atoms with E-state index >= 15 is 9.59 Å². The Balaban J connectivity index is 4.30. The average molecular weight is 1190 g/mol. The quantitative estimate of drug-likeness (QED) is 0.157. The Bertz CT molecular complexity index is 2310. The molecule has 480 valence electrons. The molecule has 1 heterocycles. The topological polar surface area (TPSA) is 279 Å². The van der Waals surface area contributed by atoms with Crippen LogP contribution < -0.4 is 21.3 Å². The molecule has 23 heteroatoms. The highest BCUT2D eigenvalue weighted by atomic mass is 16.3. The van der Waals surface area contributed by atoms with E-state index in [4.69, 9.17) is 0 Å². The van der Waals surface area contributed by atoms with Gasteiger partial charge in [-0.2, -0.15) is 0 Å². The van der Waals surface area contributed by atoms with Crippen LogP contribution in [0.3, 0.4) is 0 Å². The number of aliphatic hydroxyl groups is 1. The predicted molar refractivity (Wildman–Crippen MR) is 324 cm³/mol. The first-order valence-electron chi connectivity index (χ1n) is 30.1. The number of rotatable bonds is 14. The van der Waals surface area contributed by atoms with Gasteiger partial charge in [0.25, 0.3) is 0 Å². The number of allylic oxidation sites excluding steroid dienone is 1. The first kappa shape index (κ1) is 75.9. The summed E-state index contributed by atoms with van der Waals surface area (Å²) < 4.78 is 0. The molecule has 12 atom stereocenters. The van der Waals surface area contributed by atoms with Crippen molar-refractivity contribution in [3.63, 3.8) is 0 Å². The number of nitrogens with one attached hydrogen (secondary N) is 4. The van der Waals surface area contributed by atoms with Crippen LogP contribution in [0.1, 0.15) is 150 Å². The van der Waals surface area contributed by atoms with Gasteiger partial charge in [0.2, 0.25) is 65.0 Å². The zero-order valence-corrected chi connectivity index (χ0v) is 55.4. The number of hydrogen-bond acceptors (Lipinski definition) is 12. The van der Waals surface area contributed by atoms with E-state index in [-0.39, 0.29) is 55.8 Å². The van der Waals surface area contributed by atoms with Gasteiger partial charge in [0, 0.05) is 55.3 Å². The molecule has 1 saturated heterocycles. The summed E-state index contributed by atoms with van der Waals surface area (Å²) in [5.41, 5.74) is 0. The van der Waals surface area contributed by atoms with Gasteiger partial charge in [-0.1, -0.05) is 109 Å². The van der Waals surface area contributed by atoms with Crippen molar-refractivity contribution >= 4 is 65.0 Å². The number of hydrogen-bond donors (Lipinski definition) is 5. The summed E-state index contributed by atoms with van der Waals surface area (Å²) in [4.78, 5) is 168. The Kier molecular flexibility index (Phi) is 30.8. The molecular weight excluding hydrogens is 1080 g/mol. The van der Waals surface area contributed by atoms with Crippen LogP contribution in [0, 0.1) is 41.4 Å². The SMILES string of the molecule is C/C=C/[C@@H](C)[C@@H](O)[C@H]1C(=O)N[C@@H](CC)C(=O)N(C)CC(=O)N(C)[C@@H](CC(C)C)C(=O)N[C@@H](C(C)C)C(=O)N(C)[C@@H](CC(C)C)C(=O)N[C@@H](C)C(=O)N[C@H](C)C(=O)N(C)[C@@H](CC(C)C)C(=O)N(C)[C@@H](CC(C)C)C(=O)N(C)[C@@H](C(C)C)C(=O)N1C. The fourth-order valence-electron chi connectivity index (χ4n) is 10.6. The molecule has 5 N–H and O–H groups in total. The third-order valence-electron chi connectivity index (χ3n) is 15.8. The van der Waals surface area contributed by atoms with E-state index in [0.717, 1.165) is 9.80 Å². The zero-order valence-electron chi connectivity index (χ0n) is 55.4. The molecule has 0 aromatic rings. The Morgan fingerprint density at radius 2 is 0.857 bits per heavy atom. The van der Waals surface area contributed by atoms with Crippen molar-refractivity contribution in [3.05, 3.63) is 12.2 Å². The minimum absolute atomic E-state index is 0.0192. The lowest BCUT2D eigenvalue weighted by Crippen LogP contribution is -2.63. The Hall–Kier alpha value is -6.13. The van der Waals surface area contributed by atoms with Gasteiger partial charge in [0.05, 0.1) is 12.6 Å². The lowest BCUT2D eigenvalue weighted by atomic mass is 9.93. The molecule has 0 aromatic heterocycles. The van der Waals surface area contributed by atoms with E-state index in [1.54, 1.807) is 60.6 Å². The second kappa shape index (κ2) is 34.1. The molecule has 84 heavy (non-hydrogen) atoms. The van der Waals surface area contributed by atoms with Gasteiger partial charge in [0.1, 0.15) is 60.4 Å². The molecule has 0 radical (unpaired) electrons. The fourth-order valence-corrected chi connectivity index (χ4v) is 10.6. The monoisotopic (exact) mass is 1190 g/mol. The number of carbonyl (C=O) groups is 11. The highest BCUT2D eigenvalue weighted by Crippen LogP contribution is 2.25. The lowest BCUT2D eigenvalue weighted by molar-refractivity contribution is -0.157. The molecule has 11 amide bonds. The Morgan fingerprint density at radius 3 is 1.30 bits per heavy atom. The number of carbonyl (C=O) groups excluding carboxylic acids is 11. The molecule has 23 nitrogen and oxygen atoms in total. The number of aliphatic hydroxyl groups excluding tert-OH is 1. The third kappa shape index (κ3) is 20.8. The standard InChI is InChI=1S/C61H109N11O12/c1-25-27-39(15)51(74)50-55(78)64-42(26-2)57(80)66(18)32-47(73)67(19)43(28-33(3)4)54(77)65-48(37(11)12)60(83)68(20)44(29-34(5)6)53(76)62-40(16)52(75)63-41(17)56(79)69(21)45(30-35(7)8)58(81)70(22)46(31-36(9)10)59(82)71(23)49(38(13)14)61(84)72(50)24/h25,27,33-46,48-51,74H,26,28-32H2,1-24H3,(H,62,76)(H,63,75)(H,64,78)(H,65,77)/b27-25+/t39-,40+,41-,42+,43+,44+,45+,46+,48+,49+,50+,51-/m1/s1. The van der Waals surface area contributed by atoms with Crippen molar-refractivity contribution in [2.75, 3.05) is 55.9 Å². The number of nitrogens with zero attached hydrogens (tertiary/aromatic N) is 7. The van der Waals surface area contributed by atoms with Crippen LogP contribution in [0.15, 0.2) is 12.2 Å². The summed E-state index contributed by atoms with van der Waals surface area (Å²) in [6, 6.07) is -12.4. The minimum Gasteiger partial charge on any atom is -0.390 e. The van der Waals surface area contributed by atoms with E-state index in [1.165, 1.54) is 87.7 Å². The van der Waals surface area contributed by atoms with Gasteiger partial charge in [-0.25, -0.2) is 0 Å². The van der Waals surface area contributed by atoms with E-state index in [9.17, 15) is 48.3 Å². The third-order valence-corrected chi connectivity index (χ3v) is 15.8. The maximum Gasteiger partial charge on any atom is 0.246 e. The highest BCUT2D eigenvalue weighted by molar-refractivity contribution is 5.99. The van der Waals surface area contributed by atoms with Gasteiger partial charge in [0.15, 0.2) is 0 Å². The molecule has 1 aliphatic rings. The molecular formula is C61H109N11O12. The van der Waals surface area contributed by atoms with E-state index < -0.39 is 156 Å². The van der Waals surface area contributed by atoms with Gasteiger partial charge >= 0.3 is 0 Å². The Labute approximate surface area is 502 Å². The molecule has 1 rings (SSSR count). The average Bonchev–Trinajstić information content (AvgIpc) is 3.52. The van der Waals surface area contributed by atoms with Crippen molar-refractivity contribution < 1.29 is 57.8 Å². The number of likely N-dealkylation sites (N-methyl/N-ethyl adjacent to an activating group) is 7. The van der Waals surface area contributed by atoms with Gasteiger partial charge in [-0.05, 0) is 88.4 Å². The molecule has 0 bridgehead atoms. The van der Waals surface area contributed by atoms with E-state index in [1.807, 2.05) is 55.4 Å². The van der Waals surface area contributed by atoms with Crippen molar-refractivity contribution in [3.8, 4) is 0 Å². The van der Waals surface area contributed by atoms with Gasteiger partial charge in [-0.3, -0.25) is 52.7 Å². The summed E-state index contributed by atoms with van der Waals surface area (Å²) in [6.45, 7) is 29.2. The fraction of sp³-hybridized carbons (Fsp3) is 0.787. The van der Waals surface area contributed by atoms with Crippen LogP contribution in [0.5, 0.6) is 0 Å². The summed E-state index contributed by atoms with van der Waals surface area (Å²) in [5.74, 6) is -9.85. The van der Waals surface area contributed by atoms with Crippen LogP contribution in [0.25, 0.3) is 0 Å². The predicted octanol–water partition coefficient (Wildman–Crippen LogP) is 2.88. The largest absolute Gasteiger partial charge is 0.390 e. The van der Waals surface area contributed by atoms with Crippen molar-refractivity contribution in [2.24, 2.45) is 41.4 Å². The van der Waals surface area contributed by atoms with Crippen LogP contribution in [-0.2, 0) is 52.7 Å². The molecule has 0 aliphatic carbocycles. The first-order valence-corrected chi connectivity index (χ1v) is 30.1. The Morgan fingerprint density at radius 1 is 0.452 bits per heavy atom. The molecule has 0 aromatic carbocycles. The molecule has 0 spiro atoms. The molecule has 1 fully saturated rings. The lowest BCUT2D eigenvalue weighted by Gasteiger charge is -2.41. The molecule has 1 aliphatic heterocycles. The summed E-state index contributed by atoms with van der Waals surface area (Å²) in [7, 11) is 9.88. The van der Waals surface area contributed by atoms with Crippen LogP contribution >= 0.6 is 0 Å². The van der Waals surface area contributed by atoms with Crippen molar-refractivity contribution in [2.45, 2.75) is 216 Å². The summed E-state index contributed by atoms with van der Waals surface area (Å²) in [5, 5.41) is 22.9. The van der Waals surface area contributed by atoms with Crippen LogP contribution in [-0.4, -0.2) is 227 Å². The van der Waals surface area contributed by atoms with Crippen LogP contribution in [0.4, 0.5) is 0 Å². The van der Waals surface area contributed by atoms with Crippen molar-refractivity contribution in [1.82, 2.24) is 55.6 Å². The summed E-state index contributed by atoms with van der Waals surface area (Å²) >= 11 is 0. The van der Waals surface area contributed by atoms with Crippen LogP contribution in [0.2, 0.25) is 0 Å². The molecule has 0 unspecified atom stereocenters. The highest BCUT2D eigenvalue weighted by Gasteiger charge is 2.45. The van der Waals surface area contributed by atoms with E-state index in [0.29, 0.717) is 0 Å². The maximum absolute atomic E-state index is 15.1. The minimum atomic E-state index is -1.63. The van der Waals surface area contributed by atoms with E-state index in [2.05, 4.69) is 21.3 Å². The summed E-state index contributed by atoms with van der Waals surface area (Å²) in [6.07, 6.45) is 2.43. The molecule has 0 saturated carbocycles. The maximum atomic E-state index is 15.1. The number of amides is 11. The second-order valence-corrected chi connectivity index (χ2v) is 25.7.